The van der Waals surface area contributed by atoms with Gasteiger partial charge < -0.3 is 9.30 Å². The number of halogens is 1. The number of hydrogen-bond acceptors (Lipinski definition) is 3. The van der Waals surface area contributed by atoms with Gasteiger partial charge in [-0.2, -0.15) is 0 Å². The molecule has 0 N–H and O–H groups in total. The van der Waals surface area contributed by atoms with Crippen molar-refractivity contribution in [1.82, 2.24) is 4.57 Å². The Morgan fingerprint density at radius 2 is 2.05 bits per heavy atom. The van der Waals surface area contributed by atoms with Crippen LogP contribution in [-0.2, 0) is 4.74 Å². The second kappa shape index (κ2) is 6.12. The highest BCUT2D eigenvalue weighted by Gasteiger charge is 2.09. The summed E-state index contributed by atoms with van der Waals surface area (Å²) in [5, 5.41) is 2.06. The number of benzene rings is 1. The molecule has 0 spiro atoms. The summed E-state index contributed by atoms with van der Waals surface area (Å²) in [5.74, 6) is -0.248. The summed E-state index contributed by atoms with van der Waals surface area (Å²) >= 11 is 1.58. The van der Waals surface area contributed by atoms with E-state index < -0.39 is 0 Å². The quantitative estimate of drug-likeness (QED) is 0.842. The van der Waals surface area contributed by atoms with Crippen molar-refractivity contribution in [3.05, 3.63) is 46.0 Å². The van der Waals surface area contributed by atoms with Gasteiger partial charge in [-0.3, -0.25) is 0 Å². The fourth-order valence-corrected chi connectivity index (χ4v) is 2.95. The van der Waals surface area contributed by atoms with Gasteiger partial charge in [0.05, 0.1) is 18.3 Å². The molecule has 0 radical (unpaired) electrons. The van der Waals surface area contributed by atoms with Crippen LogP contribution in [0.3, 0.4) is 0 Å². The minimum absolute atomic E-state index is 0.218. The van der Waals surface area contributed by atoms with Gasteiger partial charge in [-0.1, -0.05) is 0 Å². The Balaban J connectivity index is 2.42. The molecule has 0 saturated carbocycles. The molecule has 0 saturated heterocycles. The van der Waals surface area contributed by atoms with Crippen LogP contribution in [0.1, 0.15) is 18.7 Å². The van der Waals surface area contributed by atoms with Gasteiger partial charge in [0, 0.05) is 18.2 Å². The van der Waals surface area contributed by atoms with Crippen molar-refractivity contribution >= 4 is 17.0 Å². The van der Waals surface area contributed by atoms with Gasteiger partial charge in [0.1, 0.15) is 5.82 Å². The molecule has 3 nitrogen and oxygen atoms in total. The molecule has 1 atom stereocenters. The molecule has 0 aliphatic heterocycles. The van der Waals surface area contributed by atoms with Crippen molar-refractivity contribution < 1.29 is 9.13 Å². The molecule has 2 aromatic rings. The molecular weight excluding hydrogens is 263 g/mol. The van der Waals surface area contributed by atoms with E-state index in [1.165, 1.54) is 12.1 Å². The van der Waals surface area contributed by atoms with Gasteiger partial charge in [0.15, 0.2) is 4.80 Å². The van der Waals surface area contributed by atoms with Crippen LogP contribution in [0.2, 0.25) is 0 Å². The third kappa shape index (κ3) is 3.30. The number of thiazole rings is 1. The van der Waals surface area contributed by atoms with E-state index in [-0.39, 0.29) is 11.9 Å². The number of rotatable bonds is 4. The number of methoxy groups -OCH3 is 1. The smallest absolute Gasteiger partial charge is 0.190 e. The van der Waals surface area contributed by atoms with Gasteiger partial charge in [-0.25, -0.2) is 9.38 Å². The monoisotopic (exact) mass is 280 g/mol. The summed E-state index contributed by atoms with van der Waals surface area (Å²) in [6.45, 7) is 4.77. The van der Waals surface area contributed by atoms with Gasteiger partial charge in [0.2, 0.25) is 0 Å². The fourth-order valence-electron chi connectivity index (χ4n) is 1.96. The fraction of sp³-hybridized carbons (Fsp3) is 0.357. The standard InChI is InChI=1S/C14H17FN2OS/c1-10(8-18-3)17-11(2)9-19-14(17)16-13-6-4-12(15)5-7-13/h4-7,9-10H,8H2,1-3H3. The molecule has 19 heavy (non-hydrogen) atoms. The molecule has 5 heteroatoms. The van der Waals surface area contributed by atoms with E-state index in [2.05, 4.69) is 21.9 Å². The predicted octanol–water partition coefficient (Wildman–Crippen LogP) is 3.44. The largest absolute Gasteiger partial charge is 0.383 e. The number of aromatic nitrogens is 1. The molecule has 2 rings (SSSR count). The SMILES string of the molecule is COCC(C)n1c(C)csc1=Nc1ccc(F)cc1. The molecule has 0 bridgehead atoms. The lowest BCUT2D eigenvalue weighted by Gasteiger charge is -2.14. The maximum atomic E-state index is 12.9. The minimum atomic E-state index is -0.248. The Labute approximate surface area is 116 Å². The lowest BCUT2D eigenvalue weighted by atomic mass is 10.3. The Morgan fingerprint density at radius 3 is 2.68 bits per heavy atom. The molecule has 1 aromatic carbocycles. The van der Waals surface area contributed by atoms with Crippen molar-refractivity contribution in [3.8, 4) is 0 Å². The predicted molar refractivity (Wildman–Crippen MR) is 75.3 cm³/mol. The Hall–Kier alpha value is -1.46. The molecule has 1 heterocycles. The van der Waals surface area contributed by atoms with Crippen molar-refractivity contribution in [2.24, 2.45) is 4.99 Å². The van der Waals surface area contributed by atoms with Gasteiger partial charge in [0.25, 0.3) is 0 Å². The second-order valence-corrected chi connectivity index (χ2v) is 5.26. The first-order valence-electron chi connectivity index (χ1n) is 6.07. The third-order valence-corrected chi connectivity index (χ3v) is 3.78. The summed E-state index contributed by atoms with van der Waals surface area (Å²) in [5.41, 5.74) is 1.90. The molecule has 0 amide bonds. The Kier molecular flexibility index (Phi) is 4.50. The van der Waals surface area contributed by atoms with Crippen LogP contribution >= 0.6 is 11.3 Å². The summed E-state index contributed by atoms with van der Waals surface area (Å²) in [6.07, 6.45) is 0. The van der Waals surface area contributed by atoms with Crippen molar-refractivity contribution in [1.29, 1.82) is 0 Å². The summed E-state index contributed by atoms with van der Waals surface area (Å²) in [7, 11) is 1.69. The maximum Gasteiger partial charge on any atom is 0.190 e. The molecule has 0 aliphatic rings. The number of nitrogens with zero attached hydrogens (tertiary/aromatic N) is 2. The first-order valence-corrected chi connectivity index (χ1v) is 6.95. The van der Waals surface area contributed by atoms with Crippen molar-refractivity contribution in [2.75, 3.05) is 13.7 Å². The zero-order chi connectivity index (χ0) is 13.8. The van der Waals surface area contributed by atoms with Crippen LogP contribution in [0.4, 0.5) is 10.1 Å². The Morgan fingerprint density at radius 1 is 1.37 bits per heavy atom. The molecule has 0 fully saturated rings. The molecular formula is C14H17FN2OS. The number of ether oxygens (including phenoxy) is 1. The third-order valence-electron chi connectivity index (χ3n) is 2.82. The summed E-state index contributed by atoms with van der Waals surface area (Å²) in [4.78, 5) is 5.46. The molecule has 1 unspecified atom stereocenters. The van der Waals surface area contributed by atoms with Crippen molar-refractivity contribution in [2.45, 2.75) is 19.9 Å². The van der Waals surface area contributed by atoms with E-state index in [9.17, 15) is 4.39 Å². The average molecular weight is 280 g/mol. The number of hydrogen-bond donors (Lipinski definition) is 0. The zero-order valence-corrected chi connectivity index (χ0v) is 12.1. The second-order valence-electron chi connectivity index (χ2n) is 4.42. The van der Waals surface area contributed by atoms with E-state index >= 15 is 0 Å². The summed E-state index contributed by atoms with van der Waals surface area (Å²) in [6, 6.07) is 6.41. The van der Waals surface area contributed by atoms with Crippen molar-refractivity contribution in [3.63, 3.8) is 0 Å². The highest BCUT2D eigenvalue weighted by atomic mass is 32.1. The number of aryl methyl sites for hydroxylation is 1. The van der Waals surface area contributed by atoms with Gasteiger partial charge >= 0.3 is 0 Å². The van der Waals surface area contributed by atoms with E-state index in [1.54, 1.807) is 30.6 Å². The topological polar surface area (TPSA) is 26.5 Å². The van der Waals surface area contributed by atoms with E-state index in [0.29, 0.717) is 6.61 Å². The first-order chi connectivity index (χ1) is 9.11. The highest BCUT2D eigenvalue weighted by molar-refractivity contribution is 7.07. The van der Waals surface area contributed by atoms with E-state index in [4.69, 9.17) is 4.74 Å². The molecule has 0 aliphatic carbocycles. The van der Waals surface area contributed by atoms with Gasteiger partial charge in [-0.15, -0.1) is 11.3 Å². The van der Waals surface area contributed by atoms with Crippen LogP contribution in [-0.4, -0.2) is 18.3 Å². The minimum Gasteiger partial charge on any atom is -0.383 e. The molecule has 102 valence electrons. The van der Waals surface area contributed by atoms with Crippen LogP contribution in [0, 0.1) is 12.7 Å². The normalized spacial score (nSPS) is 13.8. The molecule has 1 aromatic heterocycles. The average Bonchev–Trinajstić information content (AvgIpc) is 2.74. The van der Waals surface area contributed by atoms with Crippen LogP contribution in [0.25, 0.3) is 0 Å². The van der Waals surface area contributed by atoms with Crippen LogP contribution < -0.4 is 4.80 Å². The highest BCUT2D eigenvalue weighted by Crippen LogP contribution is 2.14. The summed E-state index contributed by atoms with van der Waals surface area (Å²) < 4.78 is 20.2. The van der Waals surface area contributed by atoms with Gasteiger partial charge in [-0.05, 0) is 38.1 Å². The van der Waals surface area contributed by atoms with E-state index in [1.807, 2.05) is 6.92 Å². The van der Waals surface area contributed by atoms with E-state index in [0.717, 1.165) is 16.2 Å². The van der Waals surface area contributed by atoms with Crippen LogP contribution in [0.15, 0.2) is 34.6 Å². The lowest BCUT2D eigenvalue weighted by Crippen LogP contribution is -2.23. The van der Waals surface area contributed by atoms with Crippen LogP contribution in [0.5, 0.6) is 0 Å². The maximum absolute atomic E-state index is 12.9. The lowest BCUT2D eigenvalue weighted by molar-refractivity contribution is 0.160. The first kappa shape index (κ1) is 14.0. The zero-order valence-electron chi connectivity index (χ0n) is 11.3. The Bertz CT molecular complexity index is 601.